The van der Waals surface area contributed by atoms with Crippen LogP contribution in [0.4, 0.5) is 0 Å². The Morgan fingerprint density at radius 1 is 1.00 bits per heavy atom. The van der Waals surface area contributed by atoms with E-state index in [1.54, 1.807) is 0 Å². The summed E-state index contributed by atoms with van der Waals surface area (Å²) in [6.07, 6.45) is 1.81. The molecule has 0 aromatic heterocycles. The van der Waals surface area contributed by atoms with Crippen LogP contribution in [0.3, 0.4) is 0 Å². The lowest BCUT2D eigenvalue weighted by atomic mass is 10.4. The van der Waals surface area contributed by atoms with Gasteiger partial charge in [0.25, 0.3) is 0 Å². The molecule has 0 aromatic carbocycles. The summed E-state index contributed by atoms with van der Waals surface area (Å²) in [7, 11) is 0. The molecule has 0 bridgehead atoms. The van der Waals surface area contributed by atoms with Crippen molar-refractivity contribution < 1.29 is 9.47 Å². The molecule has 0 aliphatic heterocycles. The number of rotatable bonds is 8. The van der Waals surface area contributed by atoms with Crippen LogP contribution in [-0.2, 0) is 9.47 Å². The Hall–Kier alpha value is -0.120. The van der Waals surface area contributed by atoms with Crippen molar-refractivity contribution in [2.24, 2.45) is 0 Å². The van der Waals surface area contributed by atoms with Gasteiger partial charge in [-0.1, -0.05) is 0 Å². The van der Waals surface area contributed by atoms with Gasteiger partial charge in [0.2, 0.25) is 0 Å². The minimum atomic E-state index is 0.464. The average Bonchev–Trinajstić information content (AvgIpc) is 2.03. The number of ether oxygens (including phenoxy) is 2. The van der Waals surface area contributed by atoms with Crippen molar-refractivity contribution in [3.8, 4) is 0 Å². The maximum absolute atomic E-state index is 6.84. The summed E-state index contributed by atoms with van der Waals surface area (Å²) in [6.45, 7) is 5.51. The van der Waals surface area contributed by atoms with Crippen molar-refractivity contribution in [3.05, 3.63) is 0 Å². The molecule has 0 fully saturated rings. The van der Waals surface area contributed by atoms with E-state index in [0.29, 0.717) is 6.54 Å². The van der Waals surface area contributed by atoms with Gasteiger partial charge in [-0.25, -0.2) is 0 Å². The zero-order valence-electron chi connectivity index (χ0n) is 7.27. The van der Waals surface area contributed by atoms with Crippen LogP contribution in [0.5, 0.6) is 0 Å². The van der Waals surface area contributed by atoms with E-state index in [9.17, 15) is 0 Å². The van der Waals surface area contributed by atoms with E-state index in [0.717, 1.165) is 39.3 Å². The average molecular weight is 160 g/mol. The first-order valence-electron chi connectivity index (χ1n) is 4.22. The van der Waals surface area contributed by atoms with E-state index < -0.39 is 0 Å². The largest absolute Gasteiger partial charge is 0.382 e. The smallest absolute Gasteiger partial charge is 0.0487 e. The molecule has 0 aliphatic rings. The monoisotopic (exact) mass is 160 g/mol. The predicted octanol–water partition coefficient (Wildman–Crippen LogP) is 1.10. The Bertz CT molecular complexity index is 61.1. The molecule has 11 heavy (non-hydrogen) atoms. The second-order valence-corrected chi connectivity index (χ2v) is 2.27. The Kier molecular flexibility index (Phi) is 9.77. The molecule has 67 valence electrons. The Labute approximate surface area is 68.9 Å². The normalized spacial score (nSPS) is 10.4. The zero-order chi connectivity index (χ0) is 8.36. The van der Waals surface area contributed by atoms with Crippen LogP contribution in [0.2, 0.25) is 0 Å². The number of nitrogens with one attached hydrogen (secondary N) is 1. The molecule has 0 saturated carbocycles. The molecule has 0 spiro atoms. The maximum atomic E-state index is 6.84. The summed E-state index contributed by atoms with van der Waals surface area (Å²) in [4.78, 5) is 0. The van der Waals surface area contributed by atoms with Crippen LogP contribution in [-0.4, -0.2) is 33.0 Å². The quantitative estimate of drug-likeness (QED) is 0.499. The Balaban J connectivity index is 2.69. The molecule has 0 unspecified atom stereocenters. The van der Waals surface area contributed by atoms with Gasteiger partial charge in [0, 0.05) is 33.0 Å². The lowest BCUT2D eigenvalue weighted by Crippen LogP contribution is -2.03. The molecule has 1 radical (unpaired) electrons. The minimum Gasteiger partial charge on any atom is -0.382 e. The summed E-state index contributed by atoms with van der Waals surface area (Å²) in [5.41, 5.74) is 6.84. The third kappa shape index (κ3) is 9.88. The molecule has 0 amide bonds. The summed E-state index contributed by atoms with van der Waals surface area (Å²) >= 11 is 0. The van der Waals surface area contributed by atoms with E-state index in [-0.39, 0.29) is 0 Å². The first-order chi connectivity index (χ1) is 5.41. The van der Waals surface area contributed by atoms with Gasteiger partial charge < -0.3 is 9.47 Å². The predicted molar refractivity (Wildman–Crippen MR) is 44.5 cm³/mol. The second-order valence-electron chi connectivity index (χ2n) is 2.27. The van der Waals surface area contributed by atoms with E-state index >= 15 is 0 Å². The molecule has 0 saturated heterocycles. The Morgan fingerprint density at radius 2 is 1.64 bits per heavy atom. The van der Waals surface area contributed by atoms with Gasteiger partial charge >= 0.3 is 0 Å². The SMILES string of the molecule is CCOCCCOCCC[NH]. The van der Waals surface area contributed by atoms with Crippen molar-refractivity contribution in [1.82, 2.24) is 5.73 Å². The van der Waals surface area contributed by atoms with Crippen LogP contribution in [0.15, 0.2) is 0 Å². The summed E-state index contributed by atoms with van der Waals surface area (Å²) < 4.78 is 10.3. The molecule has 3 nitrogen and oxygen atoms in total. The van der Waals surface area contributed by atoms with Gasteiger partial charge in [0.05, 0.1) is 0 Å². The molecule has 3 heteroatoms. The fourth-order valence-corrected chi connectivity index (χ4v) is 0.684. The molecule has 0 rings (SSSR count). The summed E-state index contributed by atoms with van der Waals surface area (Å²) in [5.74, 6) is 0. The highest BCUT2D eigenvalue weighted by atomic mass is 16.5. The molecule has 0 aliphatic carbocycles. The summed E-state index contributed by atoms with van der Waals surface area (Å²) in [6, 6.07) is 0. The van der Waals surface area contributed by atoms with Crippen molar-refractivity contribution in [2.45, 2.75) is 19.8 Å². The minimum absolute atomic E-state index is 0.464. The van der Waals surface area contributed by atoms with Crippen LogP contribution in [0.25, 0.3) is 0 Å². The molecular formula is C8H18NO2. The molecular weight excluding hydrogens is 142 g/mol. The van der Waals surface area contributed by atoms with Crippen LogP contribution >= 0.6 is 0 Å². The first kappa shape index (κ1) is 10.9. The first-order valence-corrected chi connectivity index (χ1v) is 4.22. The highest BCUT2D eigenvalue weighted by molar-refractivity contribution is 4.37. The third-order valence-corrected chi connectivity index (χ3v) is 1.25. The van der Waals surface area contributed by atoms with E-state index in [2.05, 4.69) is 0 Å². The maximum Gasteiger partial charge on any atom is 0.0487 e. The Morgan fingerprint density at radius 3 is 2.27 bits per heavy atom. The van der Waals surface area contributed by atoms with Crippen LogP contribution in [0, 0.1) is 0 Å². The van der Waals surface area contributed by atoms with Gasteiger partial charge in [-0.05, 0) is 19.8 Å². The van der Waals surface area contributed by atoms with Crippen LogP contribution in [0.1, 0.15) is 19.8 Å². The topological polar surface area (TPSA) is 42.3 Å². The molecule has 0 aromatic rings. The lowest BCUT2D eigenvalue weighted by molar-refractivity contribution is 0.0874. The van der Waals surface area contributed by atoms with E-state index in [4.69, 9.17) is 15.2 Å². The van der Waals surface area contributed by atoms with Gasteiger partial charge in [-0.3, -0.25) is 5.73 Å². The van der Waals surface area contributed by atoms with Gasteiger partial charge in [0.15, 0.2) is 0 Å². The molecule has 0 atom stereocenters. The highest BCUT2D eigenvalue weighted by Gasteiger charge is 1.88. The zero-order valence-corrected chi connectivity index (χ0v) is 7.27. The van der Waals surface area contributed by atoms with E-state index in [1.165, 1.54) is 0 Å². The fraction of sp³-hybridized carbons (Fsp3) is 1.00. The number of hydrogen-bond acceptors (Lipinski definition) is 2. The van der Waals surface area contributed by atoms with Gasteiger partial charge in [0.1, 0.15) is 0 Å². The third-order valence-electron chi connectivity index (χ3n) is 1.25. The number of hydrogen-bond donors (Lipinski definition) is 0. The van der Waals surface area contributed by atoms with Crippen molar-refractivity contribution in [3.63, 3.8) is 0 Å². The van der Waals surface area contributed by atoms with Crippen molar-refractivity contribution in [2.75, 3.05) is 33.0 Å². The highest BCUT2D eigenvalue weighted by Crippen LogP contribution is 1.86. The van der Waals surface area contributed by atoms with Crippen molar-refractivity contribution >= 4 is 0 Å². The molecule has 0 heterocycles. The standard InChI is InChI=1S/C8H18NO2/c1-2-10-7-4-8-11-6-3-5-9/h9H,2-8H2,1H3. The fourth-order valence-electron chi connectivity index (χ4n) is 0.684. The molecule has 1 N–H and O–H groups in total. The second kappa shape index (κ2) is 9.88. The lowest BCUT2D eigenvalue weighted by Gasteiger charge is -2.02. The van der Waals surface area contributed by atoms with Gasteiger partial charge in [-0.2, -0.15) is 0 Å². The summed E-state index contributed by atoms with van der Waals surface area (Å²) in [5, 5.41) is 0. The van der Waals surface area contributed by atoms with Gasteiger partial charge in [-0.15, -0.1) is 0 Å². The van der Waals surface area contributed by atoms with Crippen molar-refractivity contribution in [1.29, 1.82) is 0 Å². The van der Waals surface area contributed by atoms with Crippen LogP contribution < -0.4 is 5.73 Å². The van der Waals surface area contributed by atoms with E-state index in [1.807, 2.05) is 6.92 Å².